The Morgan fingerprint density at radius 3 is 2.23 bits per heavy atom. The summed E-state index contributed by atoms with van der Waals surface area (Å²) in [5.74, 6) is -0.971. The highest BCUT2D eigenvalue weighted by molar-refractivity contribution is 6.26. The Hall–Kier alpha value is -3.13. The Morgan fingerprint density at radius 2 is 1.60 bits per heavy atom. The number of alkyl halides is 11. The molecule has 2 aromatic carbocycles. The number of ether oxygens (including phenoxy) is 2. The van der Waals surface area contributed by atoms with Gasteiger partial charge >= 0.3 is 24.9 Å². The zero-order valence-corrected chi connectivity index (χ0v) is 20.8. The van der Waals surface area contributed by atoms with Gasteiger partial charge in [-0.25, -0.2) is 0 Å². The predicted molar refractivity (Wildman–Crippen MR) is 125 cm³/mol. The van der Waals surface area contributed by atoms with Gasteiger partial charge in [-0.2, -0.15) is 43.9 Å². The SMILES string of the molecule is OC(CN(Cc1cccc(OC(F)(F)C(F)F)c1)c1cccc(OC2=CC=CC(Cl)(C(F)(F)F)C2)c1)C(F)(F)F. The fourth-order valence-corrected chi connectivity index (χ4v) is 3.75. The summed E-state index contributed by atoms with van der Waals surface area (Å²) in [6.45, 7) is -1.52. The summed E-state index contributed by atoms with van der Waals surface area (Å²) < 4.78 is 141. The molecule has 3 rings (SSSR count). The van der Waals surface area contributed by atoms with Crippen molar-refractivity contribution in [1.82, 2.24) is 0 Å². The molecule has 220 valence electrons. The fraction of sp³-hybridized carbons (Fsp3) is 0.360. The maximum Gasteiger partial charge on any atom is 0.461 e. The number of halogens is 11. The highest BCUT2D eigenvalue weighted by Crippen LogP contribution is 2.44. The number of nitrogens with zero attached hydrogens (tertiary/aromatic N) is 1. The van der Waals surface area contributed by atoms with Crippen LogP contribution in [0.4, 0.5) is 49.6 Å². The highest BCUT2D eigenvalue weighted by atomic mass is 35.5. The van der Waals surface area contributed by atoms with E-state index in [0.717, 1.165) is 35.3 Å². The number of hydrogen-bond acceptors (Lipinski definition) is 4. The van der Waals surface area contributed by atoms with Crippen LogP contribution in [0.2, 0.25) is 0 Å². The van der Waals surface area contributed by atoms with Gasteiger partial charge in [-0.15, -0.1) is 11.6 Å². The fourth-order valence-electron chi connectivity index (χ4n) is 3.54. The van der Waals surface area contributed by atoms with Gasteiger partial charge in [0.2, 0.25) is 0 Å². The zero-order valence-electron chi connectivity index (χ0n) is 20.0. The van der Waals surface area contributed by atoms with Crippen LogP contribution >= 0.6 is 11.6 Å². The van der Waals surface area contributed by atoms with Crippen molar-refractivity contribution in [3.05, 3.63) is 78.1 Å². The van der Waals surface area contributed by atoms with E-state index in [4.69, 9.17) is 16.3 Å². The van der Waals surface area contributed by atoms with Crippen LogP contribution in [0.1, 0.15) is 12.0 Å². The third-order valence-corrected chi connectivity index (χ3v) is 6.00. The highest BCUT2D eigenvalue weighted by Gasteiger charge is 2.53. The van der Waals surface area contributed by atoms with E-state index in [-0.39, 0.29) is 22.8 Å². The summed E-state index contributed by atoms with van der Waals surface area (Å²) >= 11 is 5.68. The minimum absolute atomic E-state index is 0.00931. The lowest BCUT2D eigenvalue weighted by Crippen LogP contribution is -2.41. The van der Waals surface area contributed by atoms with Crippen LogP contribution in [0.3, 0.4) is 0 Å². The lowest BCUT2D eigenvalue weighted by molar-refractivity contribution is -0.253. The van der Waals surface area contributed by atoms with Crippen molar-refractivity contribution in [2.45, 2.75) is 48.8 Å². The summed E-state index contributed by atoms with van der Waals surface area (Å²) in [5.41, 5.74) is 0.0328. The quantitative estimate of drug-likeness (QED) is 0.223. The summed E-state index contributed by atoms with van der Waals surface area (Å²) in [7, 11) is 0. The molecule has 0 saturated carbocycles. The molecule has 2 atom stereocenters. The number of hydrogen-bond donors (Lipinski definition) is 1. The second-order valence-corrected chi connectivity index (χ2v) is 9.35. The van der Waals surface area contributed by atoms with Crippen molar-refractivity contribution in [3.8, 4) is 11.5 Å². The van der Waals surface area contributed by atoms with Crippen molar-refractivity contribution >= 4 is 17.3 Å². The molecule has 1 aliphatic carbocycles. The minimum atomic E-state index is -5.04. The van der Waals surface area contributed by atoms with Crippen molar-refractivity contribution in [3.63, 3.8) is 0 Å². The van der Waals surface area contributed by atoms with Crippen molar-refractivity contribution in [1.29, 1.82) is 0 Å². The van der Waals surface area contributed by atoms with Crippen molar-refractivity contribution < 1.29 is 58.5 Å². The van der Waals surface area contributed by atoms with Gasteiger partial charge in [0.15, 0.2) is 11.0 Å². The van der Waals surface area contributed by atoms with Gasteiger partial charge in [0, 0.05) is 24.7 Å². The van der Waals surface area contributed by atoms with E-state index < -0.39 is 61.1 Å². The first-order chi connectivity index (χ1) is 18.4. The van der Waals surface area contributed by atoms with E-state index in [1.807, 2.05) is 0 Å². The Kier molecular flexibility index (Phi) is 9.24. The molecular formula is C25H20ClF10NO3. The van der Waals surface area contributed by atoms with Crippen LogP contribution in [0.25, 0.3) is 0 Å². The molecule has 0 amide bonds. The molecule has 0 heterocycles. The van der Waals surface area contributed by atoms with Gasteiger partial charge in [0.05, 0.1) is 6.54 Å². The number of aliphatic hydroxyl groups excluding tert-OH is 1. The predicted octanol–water partition coefficient (Wildman–Crippen LogP) is 7.62. The molecular weight excluding hydrogens is 588 g/mol. The summed E-state index contributed by atoms with van der Waals surface area (Å²) in [6, 6.07) is 9.38. The van der Waals surface area contributed by atoms with Gasteiger partial charge in [0.25, 0.3) is 0 Å². The summed E-state index contributed by atoms with van der Waals surface area (Å²) in [6.07, 6.45) is -19.5. The van der Waals surface area contributed by atoms with E-state index in [1.165, 1.54) is 36.4 Å². The van der Waals surface area contributed by atoms with E-state index in [1.54, 1.807) is 0 Å². The molecule has 2 aromatic rings. The van der Waals surface area contributed by atoms with Crippen LogP contribution in [0.5, 0.6) is 11.5 Å². The molecule has 0 bridgehead atoms. The van der Waals surface area contributed by atoms with Crippen molar-refractivity contribution in [2.24, 2.45) is 0 Å². The van der Waals surface area contributed by atoms with E-state index >= 15 is 0 Å². The van der Waals surface area contributed by atoms with Crippen LogP contribution in [-0.4, -0.2) is 47.5 Å². The van der Waals surface area contributed by atoms with Gasteiger partial charge in [-0.3, -0.25) is 0 Å². The van der Waals surface area contributed by atoms with Crippen LogP contribution in [0.15, 0.2) is 72.5 Å². The first-order valence-electron chi connectivity index (χ1n) is 11.3. The maximum atomic E-state index is 13.3. The molecule has 15 heteroatoms. The smallest absolute Gasteiger partial charge is 0.461 e. The van der Waals surface area contributed by atoms with Crippen LogP contribution in [0, 0.1) is 0 Å². The van der Waals surface area contributed by atoms with Gasteiger partial charge < -0.3 is 19.5 Å². The molecule has 0 fully saturated rings. The molecule has 1 N–H and O–H groups in total. The Labute approximate surface area is 226 Å². The first kappa shape index (κ1) is 31.4. The monoisotopic (exact) mass is 607 g/mol. The molecule has 0 aliphatic heterocycles. The summed E-state index contributed by atoms with van der Waals surface area (Å²) in [4.78, 5) is -1.75. The molecule has 4 nitrogen and oxygen atoms in total. The first-order valence-corrected chi connectivity index (χ1v) is 11.6. The number of allylic oxidation sites excluding steroid dienone is 4. The molecule has 0 radical (unpaired) electrons. The molecule has 0 spiro atoms. The van der Waals surface area contributed by atoms with Crippen molar-refractivity contribution in [2.75, 3.05) is 11.4 Å². The summed E-state index contributed by atoms with van der Waals surface area (Å²) in [5, 5.41) is 9.69. The van der Waals surface area contributed by atoms with Crippen LogP contribution in [-0.2, 0) is 6.54 Å². The third-order valence-electron chi connectivity index (χ3n) is 5.53. The average Bonchev–Trinajstić information content (AvgIpc) is 2.82. The lowest BCUT2D eigenvalue weighted by Gasteiger charge is -2.30. The molecule has 1 aliphatic rings. The zero-order chi connectivity index (χ0) is 29.9. The molecule has 40 heavy (non-hydrogen) atoms. The molecule has 0 saturated heterocycles. The van der Waals surface area contributed by atoms with E-state index in [0.29, 0.717) is 0 Å². The average molecular weight is 608 g/mol. The number of anilines is 1. The largest absolute Gasteiger partial charge is 0.462 e. The van der Waals surface area contributed by atoms with Gasteiger partial charge in [0.1, 0.15) is 17.3 Å². The number of rotatable bonds is 10. The Morgan fingerprint density at radius 1 is 0.950 bits per heavy atom. The second kappa shape index (κ2) is 11.8. The molecule has 0 aromatic heterocycles. The standard InChI is InChI=1S/C25H20ClF10NO3/c26-22(25(34,35)36)9-3-8-19(12-22)39-17-6-2-5-16(11-17)37(14-20(38)23(29,30)31)13-15-4-1-7-18(10-15)40-24(32,33)21(27)28/h1-11,20-21,38H,12-14H2. The van der Waals surface area contributed by atoms with E-state index in [9.17, 15) is 49.0 Å². The minimum Gasteiger partial charge on any atom is -0.462 e. The van der Waals surface area contributed by atoms with E-state index in [2.05, 4.69) is 4.74 Å². The lowest BCUT2D eigenvalue weighted by atomic mass is 9.98. The second-order valence-electron chi connectivity index (χ2n) is 8.68. The topological polar surface area (TPSA) is 41.9 Å². The van der Waals surface area contributed by atoms with Gasteiger partial charge in [-0.05, 0) is 35.9 Å². The number of benzene rings is 2. The Balaban J connectivity index is 1.87. The van der Waals surface area contributed by atoms with Crippen LogP contribution < -0.4 is 14.4 Å². The normalized spacial score (nSPS) is 18.9. The molecule has 2 unspecified atom stereocenters. The third kappa shape index (κ3) is 7.96. The maximum absolute atomic E-state index is 13.3. The number of aliphatic hydroxyl groups is 1. The Bertz CT molecular complexity index is 1230. The van der Waals surface area contributed by atoms with Gasteiger partial charge in [-0.1, -0.05) is 30.4 Å².